The lowest BCUT2D eigenvalue weighted by atomic mass is 10.1. The molecule has 0 aromatic heterocycles. The number of amides is 1. The molecule has 0 aliphatic carbocycles. The number of carbonyl (C=O) groups excluding carboxylic acids is 1. The Morgan fingerprint density at radius 1 is 1.37 bits per heavy atom. The number of nitrogens with zero attached hydrogens (tertiary/aromatic N) is 1. The first-order valence-electron chi connectivity index (χ1n) is 6.47. The van der Waals surface area contributed by atoms with E-state index in [9.17, 15) is 9.18 Å². The van der Waals surface area contributed by atoms with Crippen LogP contribution >= 0.6 is 0 Å². The first-order valence-corrected chi connectivity index (χ1v) is 6.47. The zero-order valence-corrected chi connectivity index (χ0v) is 12.3. The Morgan fingerprint density at radius 2 is 1.95 bits per heavy atom. The molecule has 0 saturated carbocycles. The Hall–Kier alpha value is -1.42. The van der Waals surface area contributed by atoms with Gasteiger partial charge in [0.1, 0.15) is 5.82 Å². The lowest BCUT2D eigenvalue weighted by molar-refractivity contribution is -0.131. The second kappa shape index (κ2) is 6.15. The molecule has 0 saturated heterocycles. The van der Waals surface area contributed by atoms with Crippen molar-refractivity contribution < 1.29 is 9.18 Å². The first-order chi connectivity index (χ1) is 8.72. The fourth-order valence-electron chi connectivity index (χ4n) is 1.70. The average molecular weight is 266 g/mol. The summed E-state index contributed by atoms with van der Waals surface area (Å²) in [4.78, 5) is 13.6. The first kappa shape index (κ1) is 15.6. The molecule has 1 N–H and O–H groups in total. The van der Waals surface area contributed by atoms with Gasteiger partial charge < -0.3 is 10.2 Å². The van der Waals surface area contributed by atoms with Crippen molar-refractivity contribution in [2.75, 3.05) is 13.6 Å². The van der Waals surface area contributed by atoms with Crippen LogP contribution in [0.2, 0.25) is 0 Å². The maximum absolute atomic E-state index is 13.7. The predicted octanol–water partition coefficient (Wildman–Crippen LogP) is 2.73. The van der Waals surface area contributed by atoms with Gasteiger partial charge in [0, 0.05) is 18.2 Å². The molecule has 1 unspecified atom stereocenters. The monoisotopic (exact) mass is 266 g/mol. The third kappa shape index (κ3) is 4.63. The maximum Gasteiger partial charge on any atom is 0.236 e. The van der Waals surface area contributed by atoms with Crippen LogP contribution < -0.4 is 5.32 Å². The molecular weight excluding hydrogens is 243 g/mol. The van der Waals surface area contributed by atoms with E-state index in [1.165, 1.54) is 6.07 Å². The van der Waals surface area contributed by atoms with E-state index in [1.807, 2.05) is 27.7 Å². The minimum atomic E-state index is -0.282. The van der Waals surface area contributed by atoms with E-state index in [-0.39, 0.29) is 29.8 Å². The van der Waals surface area contributed by atoms with Crippen molar-refractivity contribution in [3.8, 4) is 0 Å². The number of halogens is 1. The molecule has 106 valence electrons. The topological polar surface area (TPSA) is 32.3 Å². The molecule has 0 aliphatic rings. The van der Waals surface area contributed by atoms with Gasteiger partial charge in [0.15, 0.2) is 0 Å². The highest BCUT2D eigenvalue weighted by atomic mass is 19.1. The molecule has 0 aliphatic heterocycles. The van der Waals surface area contributed by atoms with Crippen molar-refractivity contribution in [3.05, 3.63) is 35.6 Å². The Morgan fingerprint density at radius 3 is 2.47 bits per heavy atom. The van der Waals surface area contributed by atoms with Crippen LogP contribution in [0.15, 0.2) is 24.3 Å². The van der Waals surface area contributed by atoms with Gasteiger partial charge in [-0.15, -0.1) is 0 Å². The SMILES string of the molecule is CC(c1ccccc1F)N(C)C(=O)CNC(C)(C)C. The van der Waals surface area contributed by atoms with Crippen LogP contribution in [0.5, 0.6) is 0 Å². The molecule has 0 spiro atoms. The molecule has 0 heterocycles. The number of hydrogen-bond donors (Lipinski definition) is 1. The molecule has 0 bridgehead atoms. The van der Waals surface area contributed by atoms with E-state index in [1.54, 1.807) is 30.1 Å². The summed E-state index contributed by atoms with van der Waals surface area (Å²) < 4.78 is 13.7. The molecule has 0 radical (unpaired) electrons. The largest absolute Gasteiger partial charge is 0.338 e. The lowest BCUT2D eigenvalue weighted by Crippen LogP contribution is -2.44. The van der Waals surface area contributed by atoms with E-state index in [0.717, 1.165) is 0 Å². The quantitative estimate of drug-likeness (QED) is 0.909. The zero-order chi connectivity index (χ0) is 14.6. The smallest absolute Gasteiger partial charge is 0.236 e. The fourth-order valence-corrected chi connectivity index (χ4v) is 1.70. The van der Waals surface area contributed by atoms with Gasteiger partial charge in [0.2, 0.25) is 5.91 Å². The summed E-state index contributed by atoms with van der Waals surface area (Å²) in [5.74, 6) is -0.330. The van der Waals surface area contributed by atoms with Crippen molar-refractivity contribution in [1.29, 1.82) is 0 Å². The summed E-state index contributed by atoms with van der Waals surface area (Å²) in [7, 11) is 1.70. The minimum Gasteiger partial charge on any atom is -0.338 e. The number of hydrogen-bond acceptors (Lipinski definition) is 2. The van der Waals surface area contributed by atoms with Crippen LogP contribution in [0.25, 0.3) is 0 Å². The number of carbonyl (C=O) groups is 1. The Kier molecular flexibility index (Phi) is 5.06. The summed E-state index contributed by atoms with van der Waals surface area (Å²) in [6, 6.07) is 6.27. The van der Waals surface area contributed by atoms with Gasteiger partial charge in [0.05, 0.1) is 12.6 Å². The van der Waals surface area contributed by atoms with E-state index in [4.69, 9.17) is 0 Å². The third-order valence-electron chi connectivity index (χ3n) is 3.10. The van der Waals surface area contributed by atoms with Gasteiger partial charge >= 0.3 is 0 Å². The van der Waals surface area contributed by atoms with Crippen LogP contribution in [0.3, 0.4) is 0 Å². The average Bonchev–Trinajstić information content (AvgIpc) is 2.34. The summed E-state index contributed by atoms with van der Waals surface area (Å²) in [6.07, 6.45) is 0. The Labute approximate surface area is 114 Å². The number of rotatable bonds is 4. The number of nitrogens with one attached hydrogen (secondary N) is 1. The third-order valence-corrected chi connectivity index (χ3v) is 3.10. The van der Waals surface area contributed by atoms with Gasteiger partial charge in [-0.1, -0.05) is 18.2 Å². The van der Waals surface area contributed by atoms with Crippen LogP contribution in [0.4, 0.5) is 4.39 Å². The molecule has 3 nitrogen and oxygen atoms in total. The Bertz CT molecular complexity index is 440. The van der Waals surface area contributed by atoms with E-state index < -0.39 is 0 Å². The maximum atomic E-state index is 13.7. The van der Waals surface area contributed by atoms with Gasteiger partial charge in [-0.3, -0.25) is 4.79 Å². The number of benzene rings is 1. The zero-order valence-electron chi connectivity index (χ0n) is 12.3. The molecule has 4 heteroatoms. The van der Waals surface area contributed by atoms with E-state index in [2.05, 4.69) is 5.32 Å². The van der Waals surface area contributed by atoms with Crippen LogP contribution in [-0.4, -0.2) is 29.9 Å². The lowest BCUT2D eigenvalue weighted by Gasteiger charge is -2.28. The number of likely N-dealkylation sites (N-methyl/N-ethyl adjacent to an activating group) is 1. The van der Waals surface area contributed by atoms with Crippen molar-refractivity contribution in [2.24, 2.45) is 0 Å². The summed E-state index contributed by atoms with van der Waals surface area (Å²) in [5, 5.41) is 3.14. The summed E-state index contributed by atoms with van der Waals surface area (Å²) in [6.45, 7) is 8.08. The molecule has 1 aromatic rings. The molecule has 19 heavy (non-hydrogen) atoms. The van der Waals surface area contributed by atoms with Crippen molar-refractivity contribution in [1.82, 2.24) is 10.2 Å². The van der Waals surface area contributed by atoms with Gasteiger partial charge in [-0.2, -0.15) is 0 Å². The highest BCUT2D eigenvalue weighted by Crippen LogP contribution is 2.21. The standard InChI is InChI=1S/C15H23FN2O/c1-11(12-8-6-7-9-13(12)16)18(5)14(19)10-17-15(2,3)4/h6-9,11,17H,10H2,1-5H3. The van der Waals surface area contributed by atoms with Crippen molar-refractivity contribution in [3.63, 3.8) is 0 Å². The molecule has 0 fully saturated rings. The van der Waals surface area contributed by atoms with Gasteiger partial charge in [-0.05, 0) is 33.8 Å². The second-order valence-corrected chi connectivity index (χ2v) is 5.81. The predicted molar refractivity (Wildman–Crippen MR) is 75.3 cm³/mol. The highest BCUT2D eigenvalue weighted by molar-refractivity contribution is 5.78. The van der Waals surface area contributed by atoms with Crippen LogP contribution in [0.1, 0.15) is 39.3 Å². The minimum absolute atomic E-state index is 0.0503. The van der Waals surface area contributed by atoms with Gasteiger partial charge in [-0.25, -0.2) is 4.39 Å². The van der Waals surface area contributed by atoms with E-state index in [0.29, 0.717) is 5.56 Å². The van der Waals surface area contributed by atoms with Crippen LogP contribution in [0, 0.1) is 5.82 Å². The molecule has 1 amide bonds. The normalized spacial score (nSPS) is 13.2. The van der Waals surface area contributed by atoms with Gasteiger partial charge in [0.25, 0.3) is 0 Å². The molecule has 1 rings (SSSR count). The molecule has 1 aromatic carbocycles. The molecule has 1 atom stereocenters. The Balaban J connectivity index is 2.69. The molecular formula is C15H23FN2O. The summed E-state index contributed by atoms with van der Waals surface area (Å²) >= 11 is 0. The van der Waals surface area contributed by atoms with Crippen molar-refractivity contribution >= 4 is 5.91 Å². The van der Waals surface area contributed by atoms with Crippen LogP contribution in [-0.2, 0) is 4.79 Å². The highest BCUT2D eigenvalue weighted by Gasteiger charge is 2.21. The second-order valence-electron chi connectivity index (χ2n) is 5.81. The van der Waals surface area contributed by atoms with E-state index >= 15 is 0 Å². The fraction of sp³-hybridized carbons (Fsp3) is 0.533. The van der Waals surface area contributed by atoms with Crippen molar-refractivity contribution in [2.45, 2.75) is 39.3 Å². The summed E-state index contributed by atoms with van der Waals surface area (Å²) in [5.41, 5.74) is 0.423.